The molecule has 13 nitrogen and oxygen atoms in total. The maximum absolute atomic E-state index is 12.8. The summed E-state index contributed by atoms with van der Waals surface area (Å²) in [6.07, 6.45) is 20.7. The minimum atomic E-state index is -3.36. The SMILES string of the molecule is C.C.CS(=O)(=O)N[C@H]1CCN(C(=O)NCC2CCC2)C1COC1CCC(c2ccccc2)CC1.CS(=O)(=O)N[C@H]1CCNC1COC1CCC(c2ccccc2)CC1.NCC1CCC1. The zero-order chi connectivity index (χ0) is 44.0. The lowest BCUT2D eigenvalue weighted by Crippen LogP contribution is -2.52. The minimum absolute atomic E-state index is 0. The fraction of sp³-hybridized carbons (Fsp3) is 0.735. The molecular formula is C49H84N6O7S2. The van der Waals surface area contributed by atoms with E-state index >= 15 is 0 Å². The zero-order valence-corrected chi connectivity index (χ0v) is 38.9. The first kappa shape index (κ1) is 54.0. The molecule has 6 fully saturated rings. The van der Waals surface area contributed by atoms with Crippen LogP contribution in [-0.4, -0.2) is 116 Å². The summed E-state index contributed by atoms with van der Waals surface area (Å²) < 4.78 is 64.4. The predicted octanol–water partition coefficient (Wildman–Crippen LogP) is 7.26. The molecule has 6 aliphatic rings. The van der Waals surface area contributed by atoms with Gasteiger partial charge in [0.15, 0.2) is 0 Å². The summed E-state index contributed by atoms with van der Waals surface area (Å²) in [6.45, 7) is 3.94. The first-order valence-corrected chi connectivity index (χ1v) is 27.4. The zero-order valence-electron chi connectivity index (χ0n) is 37.3. The van der Waals surface area contributed by atoms with Crippen LogP contribution in [0.2, 0.25) is 0 Å². The second-order valence-corrected chi connectivity index (χ2v) is 22.4. The van der Waals surface area contributed by atoms with Gasteiger partial charge >= 0.3 is 6.03 Å². The standard InChI is InChI=1S/C24H37N3O4S.C18H28N2O3S.C5H11N.2CH4/c1-32(29,30)26-22-14-15-27(24(28)25-16-18-6-5-7-18)23(22)17-31-21-12-10-20(11-13-21)19-8-3-2-4-9-19;1-24(21,22)20-17-11-12-19-18(17)13-23-16-9-7-15(8-10-16)14-5-3-2-4-6-14;6-4-5-2-1-3-5;;/h2-4,8-9,18,20-23,26H,5-7,10-17H2,1H3,(H,25,28);2-6,15-20H,7-13H2,1H3;5H,1-4,6H2;2*1H4/t20?,21?,22-,23?;15?,16?,17-,18?;;;/m00.../s1. The molecule has 2 aliphatic heterocycles. The monoisotopic (exact) mass is 933 g/mol. The van der Waals surface area contributed by atoms with Crippen molar-refractivity contribution in [2.45, 2.75) is 166 Å². The normalized spacial score (nSPS) is 28.4. The van der Waals surface area contributed by atoms with Crippen LogP contribution in [0.4, 0.5) is 4.79 Å². The molecule has 64 heavy (non-hydrogen) atoms. The van der Waals surface area contributed by atoms with E-state index in [4.69, 9.17) is 15.2 Å². The maximum Gasteiger partial charge on any atom is 0.317 e. The number of nitrogens with one attached hydrogen (secondary N) is 4. The number of carbonyl (C=O) groups excluding carboxylic acids is 1. The van der Waals surface area contributed by atoms with Crippen LogP contribution in [0.5, 0.6) is 0 Å². The summed E-state index contributed by atoms with van der Waals surface area (Å²) in [5.41, 5.74) is 8.17. The number of nitrogens with zero attached hydrogens (tertiary/aromatic N) is 1. The summed E-state index contributed by atoms with van der Waals surface area (Å²) in [4.78, 5) is 14.6. The molecule has 8 rings (SSSR count). The van der Waals surface area contributed by atoms with E-state index < -0.39 is 20.0 Å². The molecule has 4 aliphatic carbocycles. The van der Waals surface area contributed by atoms with Gasteiger partial charge in [0.25, 0.3) is 0 Å². The fourth-order valence-corrected chi connectivity index (χ4v) is 11.5. The topological polar surface area (TPSA) is 181 Å². The highest BCUT2D eigenvalue weighted by molar-refractivity contribution is 7.89. The highest BCUT2D eigenvalue weighted by atomic mass is 32.2. The molecule has 0 radical (unpaired) electrons. The molecule has 2 aromatic carbocycles. The van der Waals surface area contributed by atoms with Gasteiger partial charge < -0.3 is 30.7 Å². The van der Waals surface area contributed by atoms with Crippen LogP contribution in [0, 0.1) is 11.8 Å². The second-order valence-electron chi connectivity index (χ2n) is 18.8. The molecule has 6 N–H and O–H groups in total. The van der Waals surface area contributed by atoms with E-state index in [0.717, 1.165) is 76.8 Å². The number of sulfonamides is 2. The van der Waals surface area contributed by atoms with Crippen LogP contribution in [0.25, 0.3) is 0 Å². The largest absolute Gasteiger partial charge is 0.377 e. The molecule has 0 bridgehead atoms. The highest BCUT2D eigenvalue weighted by Crippen LogP contribution is 2.36. The van der Waals surface area contributed by atoms with Crippen molar-refractivity contribution in [3.8, 4) is 0 Å². The predicted molar refractivity (Wildman–Crippen MR) is 260 cm³/mol. The smallest absolute Gasteiger partial charge is 0.317 e. The lowest BCUT2D eigenvalue weighted by atomic mass is 9.83. The first-order valence-electron chi connectivity index (χ1n) is 23.6. The maximum atomic E-state index is 12.8. The summed E-state index contributed by atoms with van der Waals surface area (Å²) in [6, 6.07) is 20.7. The van der Waals surface area contributed by atoms with Gasteiger partial charge in [0, 0.05) is 31.2 Å². The van der Waals surface area contributed by atoms with Crippen molar-refractivity contribution in [1.29, 1.82) is 0 Å². The van der Waals surface area contributed by atoms with Gasteiger partial charge in [0.1, 0.15) is 0 Å². The number of benzene rings is 2. The Hall–Kier alpha value is -2.63. The lowest BCUT2D eigenvalue weighted by molar-refractivity contribution is -0.000734. The Kier molecular flexibility index (Phi) is 22.5. The number of carbonyl (C=O) groups is 1. The van der Waals surface area contributed by atoms with Gasteiger partial charge in [0.2, 0.25) is 20.0 Å². The van der Waals surface area contributed by atoms with E-state index in [1.807, 2.05) is 0 Å². The van der Waals surface area contributed by atoms with E-state index in [2.05, 4.69) is 80.7 Å². The Morgan fingerprint density at radius 1 is 0.656 bits per heavy atom. The van der Waals surface area contributed by atoms with Crippen LogP contribution in [0.15, 0.2) is 60.7 Å². The first-order chi connectivity index (χ1) is 29.8. The average molecular weight is 933 g/mol. The molecule has 364 valence electrons. The minimum Gasteiger partial charge on any atom is -0.377 e. The molecule has 0 spiro atoms. The van der Waals surface area contributed by atoms with Gasteiger partial charge in [-0.3, -0.25) is 0 Å². The Balaban J connectivity index is 0.000000248. The third kappa shape index (κ3) is 17.5. The van der Waals surface area contributed by atoms with Crippen molar-refractivity contribution in [2.75, 3.05) is 51.9 Å². The van der Waals surface area contributed by atoms with Crippen LogP contribution in [-0.2, 0) is 29.5 Å². The van der Waals surface area contributed by atoms with Crippen molar-refractivity contribution in [3.63, 3.8) is 0 Å². The average Bonchev–Trinajstić information content (AvgIpc) is 3.84. The second kappa shape index (κ2) is 26.6. The van der Waals surface area contributed by atoms with Gasteiger partial charge in [-0.25, -0.2) is 31.1 Å². The Bertz CT molecular complexity index is 1830. The summed E-state index contributed by atoms with van der Waals surface area (Å²) in [7, 11) is -6.52. The van der Waals surface area contributed by atoms with Crippen molar-refractivity contribution in [3.05, 3.63) is 71.8 Å². The van der Waals surface area contributed by atoms with E-state index in [1.54, 1.807) is 4.90 Å². The number of rotatable bonds is 15. The summed E-state index contributed by atoms with van der Waals surface area (Å²) in [5, 5.41) is 6.41. The quantitative estimate of drug-likeness (QED) is 0.123. The third-order valence-electron chi connectivity index (χ3n) is 14.1. The Morgan fingerprint density at radius 3 is 1.58 bits per heavy atom. The number of hydrogen-bond donors (Lipinski definition) is 5. The van der Waals surface area contributed by atoms with Crippen LogP contribution in [0.1, 0.15) is 141 Å². The van der Waals surface area contributed by atoms with Crippen molar-refractivity contribution < 1.29 is 31.1 Å². The molecule has 15 heteroatoms. The van der Waals surface area contributed by atoms with Crippen molar-refractivity contribution in [2.24, 2.45) is 17.6 Å². The van der Waals surface area contributed by atoms with E-state index in [-0.39, 0.29) is 51.2 Å². The third-order valence-corrected chi connectivity index (χ3v) is 15.6. The molecule has 2 amide bonds. The molecular weight excluding hydrogens is 849 g/mol. The number of ether oxygens (including phenoxy) is 2. The van der Waals surface area contributed by atoms with Crippen LogP contribution >= 0.6 is 0 Å². The molecule has 2 saturated heterocycles. The van der Waals surface area contributed by atoms with E-state index in [9.17, 15) is 21.6 Å². The summed E-state index contributed by atoms with van der Waals surface area (Å²) >= 11 is 0. The molecule has 2 aromatic rings. The van der Waals surface area contributed by atoms with Gasteiger partial charge in [-0.15, -0.1) is 0 Å². The van der Waals surface area contributed by atoms with Crippen molar-refractivity contribution >= 4 is 26.1 Å². The number of hydrogen-bond acceptors (Lipinski definition) is 9. The van der Waals surface area contributed by atoms with Gasteiger partial charge in [0.05, 0.1) is 44.0 Å². The van der Waals surface area contributed by atoms with Gasteiger partial charge in [-0.2, -0.15) is 0 Å². The molecule has 4 saturated carbocycles. The molecule has 0 aromatic heterocycles. The van der Waals surface area contributed by atoms with E-state index in [1.165, 1.54) is 62.2 Å². The highest BCUT2D eigenvalue weighted by Gasteiger charge is 2.40. The van der Waals surface area contributed by atoms with Crippen LogP contribution < -0.4 is 25.8 Å². The van der Waals surface area contributed by atoms with Crippen LogP contribution in [0.3, 0.4) is 0 Å². The lowest BCUT2D eigenvalue weighted by Gasteiger charge is -2.33. The molecule has 2 heterocycles. The summed E-state index contributed by atoms with van der Waals surface area (Å²) in [5.74, 6) is 2.71. The van der Waals surface area contributed by atoms with E-state index in [0.29, 0.717) is 56.6 Å². The van der Waals surface area contributed by atoms with Crippen molar-refractivity contribution in [1.82, 2.24) is 25.0 Å². The Labute approximate surface area is 387 Å². The molecule has 4 atom stereocenters. The fourth-order valence-electron chi connectivity index (χ4n) is 9.89. The molecule has 2 unspecified atom stereocenters. The number of urea groups is 1. The van der Waals surface area contributed by atoms with Gasteiger partial charge in [-0.05, 0) is 138 Å². The number of nitrogens with two attached hydrogens (primary N) is 1. The number of amides is 2. The van der Waals surface area contributed by atoms with Gasteiger partial charge in [-0.1, -0.05) is 88.4 Å². The Morgan fingerprint density at radius 2 is 1.14 bits per heavy atom. The number of likely N-dealkylation sites (tertiary alicyclic amines) is 1.